The molecule has 166 valence electrons. The summed E-state index contributed by atoms with van der Waals surface area (Å²) >= 11 is 0. The Balaban J connectivity index is 1.35. The Labute approximate surface area is 177 Å². The van der Waals surface area contributed by atoms with Gasteiger partial charge in [0, 0.05) is 50.9 Å². The first-order chi connectivity index (χ1) is 14.9. The fourth-order valence-corrected chi connectivity index (χ4v) is 3.61. The number of carbonyl (C=O) groups excluding carboxylic acids is 1. The van der Waals surface area contributed by atoms with Crippen molar-refractivity contribution >= 4 is 17.4 Å². The van der Waals surface area contributed by atoms with Gasteiger partial charge in [-0.1, -0.05) is 0 Å². The van der Waals surface area contributed by atoms with Crippen LogP contribution in [0.5, 0.6) is 5.75 Å². The molecule has 1 aromatic heterocycles. The predicted molar refractivity (Wildman–Crippen MR) is 106 cm³/mol. The quantitative estimate of drug-likeness (QED) is 0.726. The number of piperazine rings is 1. The highest BCUT2D eigenvalue weighted by Crippen LogP contribution is 2.24. The number of anilines is 2. The molecule has 0 aliphatic carbocycles. The van der Waals surface area contributed by atoms with Crippen LogP contribution in [0.4, 0.5) is 24.7 Å². The Morgan fingerprint density at radius 1 is 0.968 bits per heavy atom. The molecule has 1 aromatic carbocycles. The van der Waals surface area contributed by atoms with E-state index in [1.165, 1.54) is 12.1 Å². The van der Waals surface area contributed by atoms with Gasteiger partial charge in [0.05, 0.1) is 25.1 Å². The lowest BCUT2D eigenvalue weighted by Crippen LogP contribution is -2.49. The number of nitrogens with zero attached hydrogens (tertiary/aromatic N) is 5. The molecule has 2 fully saturated rings. The van der Waals surface area contributed by atoms with Crippen LogP contribution in [0.25, 0.3) is 0 Å². The normalized spacial score (nSPS) is 17.6. The number of alkyl halides is 3. The summed E-state index contributed by atoms with van der Waals surface area (Å²) in [6, 6.07) is 6.96. The van der Waals surface area contributed by atoms with Crippen molar-refractivity contribution in [2.24, 2.45) is 0 Å². The van der Waals surface area contributed by atoms with E-state index in [0.717, 1.165) is 36.7 Å². The molecular weight excluding hydrogens is 415 g/mol. The van der Waals surface area contributed by atoms with Gasteiger partial charge in [-0.05, 0) is 24.3 Å². The van der Waals surface area contributed by atoms with Gasteiger partial charge in [-0.15, -0.1) is 18.3 Å². The van der Waals surface area contributed by atoms with Crippen LogP contribution in [0.15, 0.2) is 36.5 Å². The van der Waals surface area contributed by atoms with E-state index in [1.54, 1.807) is 11.1 Å². The van der Waals surface area contributed by atoms with Gasteiger partial charge in [0.2, 0.25) is 0 Å². The monoisotopic (exact) mass is 437 g/mol. The van der Waals surface area contributed by atoms with E-state index in [0.29, 0.717) is 45.0 Å². The Morgan fingerprint density at radius 3 is 2.29 bits per heavy atom. The number of rotatable bonds is 4. The van der Waals surface area contributed by atoms with Crippen LogP contribution >= 0.6 is 0 Å². The molecule has 0 bridgehead atoms. The van der Waals surface area contributed by atoms with Gasteiger partial charge >= 0.3 is 6.36 Å². The van der Waals surface area contributed by atoms with Crippen molar-refractivity contribution in [3.05, 3.63) is 42.1 Å². The average molecular weight is 437 g/mol. The molecule has 2 aliphatic rings. The highest BCUT2D eigenvalue weighted by Gasteiger charge is 2.31. The SMILES string of the molecule is O=C(c1ccc(OC(F)(F)F)cc1)N1CCN(c2cc(N3CCOCC3)cnn2)CC1. The average Bonchev–Trinajstić information content (AvgIpc) is 2.79. The van der Waals surface area contributed by atoms with Crippen LogP contribution in [-0.4, -0.2) is 79.8 Å². The smallest absolute Gasteiger partial charge is 0.406 e. The molecule has 11 heteroatoms. The standard InChI is InChI=1S/C20H22F3N5O3/c21-20(22,23)31-17-3-1-15(2-4-17)19(29)28-7-5-27(6-8-28)18-13-16(14-24-25-18)26-9-11-30-12-10-26/h1-4,13-14H,5-12H2. The maximum atomic E-state index is 12.7. The van der Waals surface area contributed by atoms with Crippen molar-refractivity contribution in [2.75, 3.05) is 62.3 Å². The Morgan fingerprint density at radius 2 is 1.65 bits per heavy atom. The molecule has 31 heavy (non-hydrogen) atoms. The highest BCUT2D eigenvalue weighted by atomic mass is 19.4. The zero-order chi connectivity index (χ0) is 21.8. The maximum Gasteiger partial charge on any atom is 0.573 e. The van der Waals surface area contributed by atoms with Crippen molar-refractivity contribution in [1.82, 2.24) is 15.1 Å². The van der Waals surface area contributed by atoms with Crippen molar-refractivity contribution < 1.29 is 27.4 Å². The summed E-state index contributed by atoms with van der Waals surface area (Å²) in [5.74, 6) is 0.170. The first-order valence-corrected chi connectivity index (χ1v) is 9.94. The summed E-state index contributed by atoms with van der Waals surface area (Å²) in [6.45, 7) is 5.10. The first-order valence-electron chi connectivity index (χ1n) is 9.94. The second kappa shape index (κ2) is 8.96. The van der Waals surface area contributed by atoms with Gasteiger partial charge in [-0.25, -0.2) is 0 Å². The number of halogens is 3. The van der Waals surface area contributed by atoms with Gasteiger partial charge in [0.1, 0.15) is 5.75 Å². The van der Waals surface area contributed by atoms with Gasteiger partial charge in [-0.3, -0.25) is 4.79 Å². The summed E-state index contributed by atoms with van der Waals surface area (Å²) in [5.41, 5.74) is 1.31. The number of carbonyl (C=O) groups is 1. The van der Waals surface area contributed by atoms with E-state index in [-0.39, 0.29) is 11.7 Å². The Hall–Kier alpha value is -3.08. The van der Waals surface area contributed by atoms with Gasteiger partial charge in [-0.2, -0.15) is 5.10 Å². The zero-order valence-corrected chi connectivity index (χ0v) is 16.7. The third-order valence-corrected chi connectivity index (χ3v) is 5.23. The molecular formula is C20H22F3N5O3. The summed E-state index contributed by atoms with van der Waals surface area (Å²) in [5, 5.41) is 8.36. The molecule has 3 heterocycles. The fraction of sp³-hybridized carbons (Fsp3) is 0.450. The Kier molecular flexibility index (Phi) is 6.12. The van der Waals surface area contributed by atoms with E-state index in [4.69, 9.17) is 4.74 Å². The van der Waals surface area contributed by atoms with E-state index >= 15 is 0 Å². The number of hydrogen-bond acceptors (Lipinski definition) is 7. The van der Waals surface area contributed by atoms with E-state index in [1.807, 2.05) is 6.07 Å². The van der Waals surface area contributed by atoms with Crippen LogP contribution in [0, 0.1) is 0 Å². The van der Waals surface area contributed by atoms with Crippen molar-refractivity contribution in [1.29, 1.82) is 0 Å². The topological polar surface area (TPSA) is 71.0 Å². The predicted octanol–water partition coefficient (Wildman–Crippen LogP) is 2.17. The largest absolute Gasteiger partial charge is 0.573 e. The molecule has 0 N–H and O–H groups in total. The van der Waals surface area contributed by atoms with Crippen LogP contribution in [0.3, 0.4) is 0 Å². The number of hydrogen-bond donors (Lipinski definition) is 0. The lowest BCUT2D eigenvalue weighted by atomic mass is 10.1. The number of benzene rings is 1. The van der Waals surface area contributed by atoms with Crippen molar-refractivity contribution in [2.45, 2.75) is 6.36 Å². The minimum atomic E-state index is -4.76. The molecule has 0 unspecified atom stereocenters. The minimum absolute atomic E-state index is 0.230. The Bertz CT molecular complexity index is 896. The van der Waals surface area contributed by atoms with Crippen molar-refractivity contribution in [3.63, 3.8) is 0 Å². The number of ether oxygens (including phenoxy) is 2. The lowest BCUT2D eigenvalue weighted by Gasteiger charge is -2.36. The lowest BCUT2D eigenvalue weighted by molar-refractivity contribution is -0.274. The molecule has 4 rings (SSSR count). The van der Waals surface area contributed by atoms with Gasteiger partial charge in [0.25, 0.3) is 5.91 Å². The second-order valence-electron chi connectivity index (χ2n) is 7.22. The fourth-order valence-electron chi connectivity index (χ4n) is 3.61. The minimum Gasteiger partial charge on any atom is -0.406 e. The summed E-state index contributed by atoms with van der Waals surface area (Å²) in [6.07, 6.45) is -3.02. The third-order valence-electron chi connectivity index (χ3n) is 5.23. The number of aromatic nitrogens is 2. The van der Waals surface area contributed by atoms with Crippen LogP contribution in [0.1, 0.15) is 10.4 Å². The molecule has 2 saturated heterocycles. The van der Waals surface area contributed by atoms with Gasteiger partial charge in [0.15, 0.2) is 5.82 Å². The van der Waals surface area contributed by atoms with Crippen LogP contribution in [0.2, 0.25) is 0 Å². The zero-order valence-electron chi connectivity index (χ0n) is 16.7. The molecule has 0 radical (unpaired) electrons. The summed E-state index contributed by atoms with van der Waals surface area (Å²) in [7, 11) is 0. The first kappa shape index (κ1) is 21.2. The van der Waals surface area contributed by atoms with Crippen molar-refractivity contribution in [3.8, 4) is 5.75 Å². The molecule has 1 amide bonds. The molecule has 0 saturated carbocycles. The maximum absolute atomic E-state index is 12.7. The molecule has 0 atom stereocenters. The summed E-state index contributed by atoms with van der Waals surface area (Å²) < 4.78 is 46.1. The molecule has 2 aliphatic heterocycles. The molecule has 2 aromatic rings. The number of morpholine rings is 1. The number of amides is 1. The highest BCUT2D eigenvalue weighted by molar-refractivity contribution is 5.94. The third kappa shape index (κ3) is 5.35. The van der Waals surface area contributed by atoms with Gasteiger partial charge < -0.3 is 24.2 Å². The van der Waals surface area contributed by atoms with Crippen LogP contribution in [-0.2, 0) is 4.74 Å². The van der Waals surface area contributed by atoms with E-state index < -0.39 is 6.36 Å². The second-order valence-corrected chi connectivity index (χ2v) is 7.22. The van der Waals surface area contributed by atoms with E-state index in [9.17, 15) is 18.0 Å². The molecule has 0 spiro atoms. The summed E-state index contributed by atoms with van der Waals surface area (Å²) in [4.78, 5) is 18.6. The molecule has 8 nitrogen and oxygen atoms in total. The van der Waals surface area contributed by atoms with Crippen LogP contribution < -0.4 is 14.5 Å². The van der Waals surface area contributed by atoms with E-state index in [2.05, 4.69) is 24.7 Å².